The molecule has 2 aromatic rings. The predicted molar refractivity (Wildman–Crippen MR) is 130 cm³/mol. The molecule has 1 aliphatic heterocycles. The zero-order chi connectivity index (χ0) is 23.3. The van der Waals surface area contributed by atoms with E-state index in [-0.39, 0.29) is 18.2 Å². The number of non-ortho nitro benzene ring substituents is 1. The lowest BCUT2D eigenvalue weighted by atomic mass is 10.0. The van der Waals surface area contributed by atoms with Crippen molar-refractivity contribution in [1.29, 1.82) is 0 Å². The highest BCUT2D eigenvalue weighted by molar-refractivity contribution is 8.26. The highest BCUT2D eigenvalue weighted by Gasteiger charge is 2.30. The number of carbonyl (C=O) groups is 1. The summed E-state index contributed by atoms with van der Waals surface area (Å²) in [6.45, 7) is 6.45. The van der Waals surface area contributed by atoms with E-state index in [0.717, 1.165) is 16.7 Å². The average molecular weight is 471 g/mol. The van der Waals surface area contributed by atoms with E-state index in [1.165, 1.54) is 23.9 Å². The molecule has 1 heterocycles. The fraction of sp³-hybridized carbons (Fsp3) is 0.217. The van der Waals surface area contributed by atoms with Gasteiger partial charge in [-0.3, -0.25) is 19.8 Å². The number of hydrogen-bond donors (Lipinski definition) is 0. The number of hydrogen-bond acceptors (Lipinski definition) is 7. The fourth-order valence-corrected chi connectivity index (χ4v) is 4.57. The highest BCUT2D eigenvalue weighted by Crippen LogP contribution is 2.37. The summed E-state index contributed by atoms with van der Waals surface area (Å²) in [6, 6.07) is 9.92. The molecule has 2 aromatic carbocycles. The van der Waals surface area contributed by atoms with Crippen LogP contribution in [0.4, 0.5) is 5.69 Å². The maximum absolute atomic E-state index is 12.5. The second-order valence-corrected chi connectivity index (χ2v) is 8.52. The van der Waals surface area contributed by atoms with Gasteiger partial charge in [0.05, 0.1) is 16.9 Å². The molecule has 7 nitrogen and oxygen atoms in total. The first kappa shape index (κ1) is 23.5. The molecule has 0 bridgehead atoms. The lowest BCUT2D eigenvalue weighted by molar-refractivity contribution is -0.384. The van der Waals surface area contributed by atoms with Crippen molar-refractivity contribution >= 4 is 46.0 Å². The number of thiocarbonyl (C=S) groups is 1. The molecule has 9 heteroatoms. The van der Waals surface area contributed by atoms with Crippen LogP contribution in [0.2, 0.25) is 0 Å². The number of ether oxygens (including phenoxy) is 2. The first-order valence-corrected chi connectivity index (χ1v) is 11.0. The summed E-state index contributed by atoms with van der Waals surface area (Å²) in [4.78, 5) is 25.1. The zero-order valence-electron chi connectivity index (χ0n) is 17.7. The van der Waals surface area contributed by atoms with Gasteiger partial charge in [-0.25, -0.2) is 0 Å². The van der Waals surface area contributed by atoms with Gasteiger partial charge in [-0.1, -0.05) is 30.1 Å². The molecule has 32 heavy (non-hydrogen) atoms. The van der Waals surface area contributed by atoms with Crippen molar-refractivity contribution in [3.63, 3.8) is 0 Å². The number of benzene rings is 2. The van der Waals surface area contributed by atoms with Crippen molar-refractivity contribution in [3.05, 3.63) is 80.8 Å². The summed E-state index contributed by atoms with van der Waals surface area (Å²) in [7, 11) is 1.55. The van der Waals surface area contributed by atoms with Crippen molar-refractivity contribution in [2.24, 2.45) is 0 Å². The second-order valence-electron chi connectivity index (χ2n) is 6.84. The molecule has 3 rings (SSSR count). The van der Waals surface area contributed by atoms with Crippen molar-refractivity contribution in [3.8, 4) is 11.5 Å². The zero-order valence-corrected chi connectivity index (χ0v) is 19.3. The number of carbonyl (C=O) groups excluding carboxylic acids is 1. The van der Waals surface area contributed by atoms with E-state index in [1.807, 2.05) is 13.0 Å². The first-order valence-electron chi connectivity index (χ1n) is 9.81. The molecule has 0 saturated carbocycles. The minimum atomic E-state index is -0.442. The average Bonchev–Trinajstić information content (AvgIpc) is 3.05. The number of amides is 1. The minimum Gasteiger partial charge on any atom is -0.493 e. The van der Waals surface area contributed by atoms with Gasteiger partial charge in [0.2, 0.25) is 0 Å². The summed E-state index contributed by atoms with van der Waals surface area (Å²) in [5.74, 6) is 0.970. The molecule has 1 saturated heterocycles. The first-order chi connectivity index (χ1) is 15.4. The topological polar surface area (TPSA) is 81.9 Å². The Balaban J connectivity index is 1.89. The lowest BCUT2D eigenvalue weighted by Gasteiger charge is -2.16. The molecule has 0 radical (unpaired) electrons. The Labute approximate surface area is 195 Å². The molecule has 0 spiro atoms. The van der Waals surface area contributed by atoms with Gasteiger partial charge in [0.15, 0.2) is 11.5 Å². The normalized spacial score (nSPS) is 14.7. The maximum atomic E-state index is 12.5. The molecule has 0 N–H and O–H groups in total. The highest BCUT2D eigenvalue weighted by atomic mass is 32.2. The smallest absolute Gasteiger partial charge is 0.269 e. The van der Waals surface area contributed by atoms with Gasteiger partial charge in [-0.05, 0) is 54.8 Å². The lowest BCUT2D eigenvalue weighted by Crippen LogP contribution is -2.27. The maximum Gasteiger partial charge on any atom is 0.269 e. The molecular formula is C23H22N2O5S2. The standard InChI is InChI=1S/C23H22N2O5S2/c1-4-6-17-11-16(13-20-22(26)24(5-2)23(31)32-20)12-19(29-3)21(17)30-14-15-7-9-18(10-8-15)25(27)28/h4,7-13H,1,5-6,14H2,2-3H3/b20-13-. The third-order valence-electron chi connectivity index (χ3n) is 4.76. The number of likely N-dealkylation sites (N-methyl/N-ethyl adjacent to an activating group) is 1. The van der Waals surface area contributed by atoms with Gasteiger partial charge in [0, 0.05) is 24.2 Å². The number of nitro groups is 1. The van der Waals surface area contributed by atoms with Crippen LogP contribution in [0.15, 0.2) is 54.0 Å². The van der Waals surface area contributed by atoms with E-state index in [2.05, 4.69) is 6.58 Å². The molecule has 1 fully saturated rings. The SMILES string of the molecule is C=CCc1cc(/C=C2\SC(=S)N(CC)C2=O)cc(OC)c1OCc1ccc([N+](=O)[O-])cc1. The summed E-state index contributed by atoms with van der Waals surface area (Å²) in [6.07, 6.45) is 4.08. The monoisotopic (exact) mass is 470 g/mol. The number of nitrogens with zero attached hydrogens (tertiary/aromatic N) is 2. The Kier molecular flexibility index (Phi) is 7.66. The summed E-state index contributed by atoms with van der Waals surface area (Å²) in [5.41, 5.74) is 2.45. The van der Waals surface area contributed by atoms with Crippen LogP contribution >= 0.6 is 24.0 Å². The van der Waals surface area contributed by atoms with Crippen LogP contribution in [0.5, 0.6) is 11.5 Å². The third-order valence-corrected chi connectivity index (χ3v) is 6.13. The van der Waals surface area contributed by atoms with E-state index in [4.69, 9.17) is 21.7 Å². The second kappa shape index (κ2) is 10.4. The summed E-state index contributed by atoms with van der Waals surface area (Å²) >= 11 is 6.56. The molecule has 1 aliphatic rings. The molecular weight excluding hydrogens is 448 g/mol. The number of nitro benzene ring substituents is 1. The summed E-state index contributed by atoms with van der Waals surface area (Å²) in [5, 5.41) is 10.8. The van der Waals surface area contributed by atoms with Crippen LogP contribution in [0.3, 0.4) is 0 Å². The van der Waals surface area contributed by atoms with Gasteiger partial charge in [0.1, 0.15) is 10.9 Å². The molecule has 0 aromatic heterocycles. The third kappa shape index (κ3) is 5.17. The van der Waals surface area contributed by atoms with Crippen LogP contribution in [0, 0.1) is 10.1 Å². The van der Waals surface area contributed by atoms with Gasteiger partial charge in [-0.2, -0.15) is 0 Å². The van der Waals surface area contributed by atoms with Crippen molar-refractivity contribution in [1.82, 2.24) is 4.90 Å². The van der Waals surface area contributed by atoms with Crippen LogP contribution in [0.25, 0.3) is 6.08 Å². The van der Waals surface area contributed by atoms with Crippen molar-refractivity contribution in [2.45, 2.75) is 20.0 Å². The van der Waals surface area contributed by atoms with Gasteiger partial charge in [0.25, 0.3) is 11.6 Å². The Morgan fingerprint density at radius 2 is 2.00 bits per heavy atom. The van der Waals surface area contributed by atoms with Crippen LogP contribution in [0.1, 0.15) is 23.6 Å². The minimum absolute atomic E-state index is 0.0246. The Morgan fingerprint density at radius 1 is 1.28 bits per heavy atom. The number of methoxy groups -OCH3 is 1. The van der Waals surface area contributed by atoms with Crippen molar-refractivity contribution < 1.29 is 19.2 Å². The number of allylic oxidation sites excluding steroid dienone is 1. The Hall–Kier alpha value is -3.17. The van der Waals surface area contributed by atoms with Crippen molar-refractivity contribution in [2.75, 3.05) is 13.7 Å². The van der Waals surface area contributed by atoms with E-state index in [1.54, 1.807) is 42.4 Å². The van der Waals surface area contributed by atoms with E-state index in [0.29, 0.717) is 33.7 Å². The number of rotatable bonds is 9. The van der Waals surface area contributed by atoms with E-state index in [9.17, 15) is 14.9 Å². The molecule has 1 amide bonds. The van der Waals surface area contributed by atoms with Crippen LogP contribution in [-0.2, 0) is 17.8 Å². The van der Waals surface area contributed by atoms with Crippen LogP contribution < -0.4 is 9.47 Å². The largest absolute Gasteiger partial charge is 0.493 e. The van der Waals surface area contributed by atoms with Crippen LogP contribution in [-0.4, -0.2) is 33.7 Å². The summed E-state index contributed by atoms with van der Waals surface area (Å²) < 4.78 is 12.1. The molecule has 0 atom stereocenters. The number of thioether (sulfide) groups is 1. The molecule has 166 valence electrons. The Bertz CT molecular complexity index is 1100. The molecule has 0 aliphatic carbocycles. The van der Waals surface area contributed by atoms with Gasteiger partial charge >= 0.3 is 0 Å². The van der Waals surface area contributed by atoms with Gasteiger partial charge < -0.3 is 9.47 Å². The predicted octanol–water partition coefficient (Wildman–Crippen LogP) is 5.13. The fourth-order valence-electron chi connectivity index (χ4n) is 3.18. The van der Waals surface area contributed by atoms with E-state index >= 15 is 0 Å². The molecule has 0 unspecified atom stereocenters. The van der Waals surface area contributed by atoms with Gasteiger partial charge in [-0.15, -0.1) is 6.58 Å². The quantitative estimate of drug-likeness (QED) is 0.165. The van der Waals surface area contributed by atoms with E-state index < -0.39 is 4.92 Å². The Morgan fingerprint density at radius 3 is 2.56 bits per heavy atom.